The first-order valence-electron chi connectivity index (χ1n) is 8.10. The predicted octanol–water partition coefficient (Wildman–Crippen LogP) is 3.08. The lowest BCUT2D eigenvalue weighted by Crippen LogP contribution is -2.18. The van der Waals surface area contributed by atoms with Gasteiger partial charge in [0.2, 0.25) is 0 Å². The second-order valence-electron chi connectivity index (χ2n) is 5.91. The van der Waals surface area contributed by atoms with E-state index in [-0.39, 0.29) is 16.6 Å². The molecule has 0 aromatic heterocycles. The van der Waals surface area contributed by atoms with Gasteiger partial charge in [0.15, 0.2) is 9.84 Å². The van der Waals surface area contributed by atoms with Crippen LogP contribution in [0.15, 0.2) is 47.4 Å². The number of hydrogen-bond acceptors (Lipinski definition) is 7. The lowest BCUT2D eigenvalue weighted by atomic mass is 10.2. The van der Waals surface area contributed by atoms with Gasteiger partial charge in [0.05, 0.1) is 24.2 Å². The van der Waals surface area contributed by atoms with Gasteiger partial charge < -0.3 is 18.9 Å². The first kappa shape index (κ1) is 20.7. The van der Waals surface area contributed by atoms with Crippen LogP contribution >= 0.6 is 0 Å². The summed E-state index contributed by atoms with van der Waals surface area (Å²) in [6.45, 7) is 2.21. The second-order valence-corrected chi connectivity index (χ2v) is 7.93. The lowest BCUT2D eigenvalue weighted by Gasteiger charge is -2.16. The topological polar surface area (TPSA) is 88.1 Å². The van der Waals surface area contributed by atoms with Crippen LogP contribution < -0.4 is 9.47 Å². The van der Waals surface area contributed by atoms with E-state index in [4.69, 9.17) is 18.9 Å². The zero-order valence-corrected chi connectivity index (χ0v) is 16.4. The van der Waals surface area contributed by atoms with Gasteiger partial charge in [-0.05, 0) is 43.3 Å². The van der Waals surface area contributed by atoms with Gasteiger partial charge in [-0.3, -0.25) is 0 Å². The van der Waals surface area contributed by atoms with Gasteiger partial charge in [0.25, 0.3) is 0 Å². The summed E-state index contributed by atoms with van der Waals surface area (Å²) >= 11 is 0. The Kier molecular flexibility index (Phi) is 6.81. The Morgan fingerprint density at radius 3 is 2.19 bits per heavy atom. The summed E-state index contributed by atoms with van der Waals surface area (Å²) in [5.41, 5.74) is 0.266. The molecule has 0 aliphatic rings. The van der Waals surface area contributed by atoms with Crippen molar-refractivity contribution >= 4 is 15.8 Å². The molecule has 146 valence electrons. The van der Waals surface area contributed by atoms with E-state index in [2.05, 4.69) is 0 Å². The van der Waals surface area contributed by atoms with E-state index < -0.39 is 15.8 Å². The number of esters is 1. The number of hydrogen-bond donors (Lipinski definition) is 0. The molecule has 0 saturated heterocycles. The highest BCUT2D eigenvalue weighted by molar-refractivity contribution is 7.90. The van der Waals surface area contributed by atoms with E-state index in [0.29, 0.717) is 23.9 Å². The summed E-state index contributed by atoms with van der Waals surface area (Å²) in [7, 11) is -0.434. The number of benzene rings is 2. The molecule has 0 saturated carbocycles. The Morgan fingerprint density at radius 2 is 1.63 bits per heavy atom. The summed E-state index contributed by atoms with van der Waals surface area (Å²) in [6.07, 6.45) is 0.901. The van der Waals surface area contributed by atoms with E-state index in [1.807, 2.05) is 6.92 Å². The van der Waals surface area contributed by atoms with Gasteiger partial charge in [-0.15, -0.1) is 0 Å². The van der Waals surface area contributed by atoms with Crippen LogP contribution in [-0.4, -0.2) is 47.6 Å². The summed E-state index contributed by atoms with van der Waals surface area (Å²) in [4.78, 5) is 12.1. The maximum atomic E-state index is 11.9. The van der Waals surface area contributed by atoms with Crippen LogP contribution in [0.1, 0.15) is 17.3 Å². The Hall–Kier alpha value is -2.58. The minimum atomic E-state index is -3.29. The van der Waals surface area contributed by atoms with Crippen LogP contribution in [0.2, 0.25) is 0 Å². The monoisotopic (exact) mass is 394 g/mol. The molecule has 7 nitrogen and oxygen atoms in total. The first-order chi connectivity index (χ1) is 12.7. The predicted molar refractivity (Wildman–Crippen MR) is 99.4 cm³/mol. The van der Waals surface area contributed by atoms with E-state index in [9.17, 15) is 13.2 Å². The molecule has 2 aromatic carbocycles. The Labute approximate surface area is 158 Å². The van der Waals surface area contributed by atoms with Gasteiger partial charge in [-0.25, -0.2) is 13.2 Å². The summed E-state index contributed by atoms with van der Waals surface area (Å²) in [6, 6.07) is 10.7. The molecule has 0 bridgehead atoms. The highest BCUT2D eigenvalue weighted by Gasteiger charge is 2.13. The van der Waals surface area contributed by atoms with Crippen LogP contribution in [0.5, 0.6) is 17.2 Å². The van der Waals surface area contributed by atoms with Gasteiger partial charge in [-0.1, -0.05) is 0 Å². The molecule has 0 heterocycles. The van der Waals surface area contributed by atoms with Crippen LogP contribution in [0.4, 0.5) is 0 Å². The van der Waals surface area contributed by atoms with Crippen LogP contribution in [0, 0.1) is 0 Å². The standard InChI is InChI=1S/C19H22O7S/c1-13(12-23-2)25-16-9-14(19(20)24-3)10-17(11-16)26-15-5-7-18(8-6-15)27(4,21)22/h5-11,13H,12H2,1-4H3. The average molecular weight is 394 g/mol. The number of ether oxygens (including phenoxy) is 4. The van der Waals surface area contributed by atoms with Crippen molar-refractivity contribution in [1.29, 1.82) is 0 Å². The molecule has 1 atom stereocenters. The molecule has 0 aliphatic carbocycles. The largest absolute Gasteiger partial charge is 0.488 e. The van der Waals surface area contributed by atoms with Gasteiger partial charge >= 0.3 is 5.97 Å². The second kappa shape index (κ2) is 8.88. The van der Waals surface area contributed by atoms with E-state index >= 15 is 0 Å². The van der Waals surface area contributed by atoms with Crippen molar-refractivity contribution in [3.05, 3.63) is 48.0 Å². The Morgan fingerprint density at radius 1 is 1.00 bits per heavy atom. The molecule has 1 unspecified atom stereocenters. The first-order valence-corrected chi connectivity index (χ1v) is 9.99. The van der Waals surface area contributed by atoms with Gasteiger partial charge in [-0.2, -0.15) is 0 Å². The van der Waals surface area contributed by atoms with Gasteiger partial charge in [0.1, 0.15) is 23.4 Å². The number of rotatable bonds is 8. The van der Waals surface area contributed by atoms with E-state index in [1.54, 1.807) is 19.2 Å². The third-order valence-electron chi connectivity index (χ3n) is 3.53. The molecule has 2 rings (SSSR count). The average Bonchev–Trinajstić information content (AvgIpc) is 2.60. The molecule has 0 amide bonds. The van der Waals surface area contributed by atoms with Crippen molar-refractivity contribution in [2.75, 3.05) is 27.1 Å². The molecule has 0 N–H and O–H groups in total. The van der Waals surface area contributed by atoms with Crippen LogP contribution in [0.3, 0.4) is 0 Å². The molecular weight excluding hydrogens is 372 g/mol. The van der Waals surface area contributed by atoms with Crippen molar-refractivity contribution in [3.8, 4) is 17.2 Å². The minimum absolute atomic E-state index is 0.190. The van der Waals surface area contributed by atoms with Crippen molar-refractivity contribution in [1.82, 2.24) is 0 Å². The number of sulfone groups is 1. The fourth-order valence-electron chi connectivity index (χ4n) is 2.33. The third kappa shape index (κ3) is 5.97. The van der Waals surface area contributed by atoms with Crippen LogP contribution in [0.25, 0.3) is 0 Å². The van der Waals surface area contributed by atoms with Crippen molar-refractivity contribution in [2.45, 2.75) is 17.9 Å². The molecule has 0 fully saturated rings. The zero-order chi connectivity index (χ0) is 20.0. The number of methoxy groups -OCH3 is 2. The summed E-state index contributed by atoms with van der Waals surface area (Å²) in [5, 5.41) is 0. The van der Waals surface area contributed by atoms with Gasteiger partial charge in [0, 0.05) is 19.4 Å². The lowest BCUT2D eigenvalue weighted by molar-refractivity contribution is 0.0598. The highest BCUT2D eigenvalue weighted by atomic mass is 32.2. The molecular formula is C19H22O7S. The van der Waals surface area contributed by atoms with Crippen molar-refractivity contribution in [2.24, 2.45) is 0 Å². The SMILES string of the molecule is COCC(C)Oc1cc(Oc2ccc(S(C)(=O)=O)cc2)cc(C(=O)OC)c1. The molecule has 0 radical (unpaired) electrons. The quantitative estimate of drug-likeness (QED) is 0.636. The van der Waals surface area contributed by atoms with Crippen molar-refractivity contribution in [3.63, 3.8) is 0 Å². The van der Waals surface area contributed by atoms with Crippen LogP contribution in [-0.2, 0) is 19.3 Å². The fourth-order valence-corrected chi connectivity index (χ4v) is 2.96. The smallest absolute Gasteiger partial charge is 0.338 e. The normalized spacial score (nSPS) is 12.3. The maximum absolute atomic E-state index is 11.9. The molecule has 27 heavy (non-hydrogen) atoms. The van der Waals surface area contributed by atoms with Crippen molar-refractivity contribution < 1.29 is 32.2 Å². The van der Waals surface area contributed by atoms with E-state index in [1.165, 1.54) is 37.4 Å². The molecule has 8 heteroatoms. The van der Waals surface area contributed by atoms with E-state index in [0.717, 1.165) is 6.26 Å². The summed E-state index contributed by atoms with van der Waals surface area (Å²) in [5.74, 6) is 0.659. The number of carbonyl (C=O) groups is 1. The third-order valence-corrected chi connectivity index (χ3v) is 4.66. The highest BCUT2D eigenvalue weighted by Crippen LogP contribution is 2.29. The Balaban J connectivity index is 2.30. The number of carbonyl (C=O) groups excluding carboxylic acids is 1. The maximum Gasteiger partial charge on any atom is 0.338 e. The molecule has 0 aliphatic heterocycles. The fraction of sp³-hybridized carbons (Fsp3) is 0.316. The Bertz CT molecular complexity index is 889. The zero-order valence-electron chi connectivity index (χ0n) is 15.6. The minimum Gasteiger partial charge on any atom is -0.488 e. The molecule has 0 spiro atoms. The summed E-state index contributed by atoms with van der Waals surface area (Å²) < 4.78 is 44.4. The molecule has 2 aromatic rings.